The van der Waals surface area contributed by atoms with E-state index in [0.717, 1.165) is 41.5 Å². The van der Waals surface area contributed by atoms with Crippen LogP contribution in [0.25, 0.3) is 0 Å². The smallest absolute Gasteiger partial charge is 0.271 e. The highest BCUT2D eigenvalue weighted by Crippen LogP contribution is 2.28. The molecule has 0 aromatic heterocycles. The van der Waals surface area contributed by atoms with Crippen molar-refractivity contribution in [2.75, 3.05) is 10.6 Å². The number of anilines is 1. The largest absolute Gasteiger partial charge is 0.347 e. The Kier molecular flexibility index (Phi) is 7.18. The van der Waals surface area contributed by atoms with Crippen LogP contribution in [0.1, 0.15) is 55.8 Å². The van der Waals surface area contributed by atoms with Gasteiger partial charge in [0.05, 0.1) is 22.9 Å². The lowest BCUT2D eigenvalue weighted by Crippen LogP contribution is -2.48. The number of hydrogen-bond donors (Lipinski definition) is 1. The van der Waals surface area contributed by atoms with Gasteiger partial charge in [0.2, 0.25) is 15.9 Å². The second-order valence-corrected chi connectivity index (χ2v) is 10.1. The number of nitro groups is 1. The van der Waals surface area contributed by atoms with E-state index in [1.165, 1.54) is 42.7 Å². The number of hydrogen-bond acceptors (Lipinski definition) is 5. The standard InChI is InChI=1S/C23H29N3O5S/c1-4-22(19-13-12-17-8-5-6-9-18(17)14-19)24-23(27)16(2)25(32(3,30)31)20-10-7-11-21(15-20)26(28)29/h7,10-16,22H,4-6,8-9H2,1-3H3,(H,24,27)/t16-,22-/m1/s1. The van der Waals surface area contributed by atoms with Crippen molar-refractivity contribution in [3.63, 3.8) is 0 Å². The van der Waals surface area contributed by atoms with Gasteiger partial charge < -0.3 is 5.32 Å². The summed E-state index contributed by atoms with van der Waals surface area (Å²) in [6, 6.07) is 10.2. The molecule has 1 amide bonds. The molecule has 32 heavy (non-hydrogen) atoms. The van der Waals surface area contributed by atoms with Gasteiger partial charge in [-0.3, -0.25) is 19.2 Å². The number of fused-ring (bicyclic) bond motifs is 1. The predicted octanol–water partition coefficient (Wildman–Crippen LogP) is 3.90. The van der Waals surface area contributed by atoms with Crippen molar-refractivity contribution < 1.29 is 18.1 Å². The summed E-state index contributed by atoms with van der Waals surface area (Å²) >= 11 is 0. The minimum atomic E-state index is -3.87. The van der Waals surface area contributed by atoms with Crippen LogP contribution in [0.3, 0.4) is 0 Å². The number of rotatable bonds is 8. The third kappa shape index (κ3) is 5.27. The van der Waals surface area contributed by atoms with E-state index in [0.29, 0.717) is 6.42 Å². The second-order valence-electron chi connectivity index (χ2n) is 8.22. The molecule has 9 heteroatoms. The monoisotopic (exact) mass is 459 g/mol. The Bertz CT molecular complexity index is 1120. The van der Waals surface area contributed by atoms with Crippen molar-refractivity contribution in [3.05, 3.63) is 69.3 Å². The summed E-state index contributed by atoms with van der Waals surface area (Å²) in [6.45, 7) is 3.44. The van der Waals surface area contributed by atoms with Gasteiger partial charge >= 0.3 is 0 Å². The molecule has 0 unspecified atom stereocenters. The summed E-state index contributed by atoms with van der Waals surface area (Å²) in [6.07, 6.45) is 6.07. The summed E-state index contributed by atoms with van der Waals surface area (Å²) in [5.74, 6) is -0.466. The van der Waals surface area contributed by atoms with Gasteiger partial charge in [0, 0.05) is 12.1 Å². The van der Waals surface area contributed by atoms with Crippen LogP contribution in [0, 0.1) is 10.1 Å². The van der Waals surface area contributed by atoms with Crippen LogP contribution < -0.4 is 9.62 Å². The molecule has 2 aromatic rings. The number of sulfonamides is 1. The molecule has 8 nitrogen and oxygen atoms in total. The Morgan fingerprint density at radius 2 is 1.84 bits per heavy atom. The molecule has 2 aromatic carbocycles. The molecule has 0 spiro atoms. The zero-order valence-corrected chi connectivity index (χ0v) is 19.4. The first-order chi connectivity index (χ1) is 15.1. The van der Waals surface area contributed by atoms with Crippen LogP contribution in [0.5, 0.6) is 0 Å². The summed E-state index contributed by atoms with van der Waals surface area (Å²) in [5, 5.41) is 14.1. The average Bonchev–Trinajstić information content (AvgIpc) is 2.76. The average molecular weight is 460 g/mol. The zero-order chi connectivity index (χ0) is 23.5. The van der Waals surface area contributed by atoms with E-state index in [-0.39, 0.29) is 17.4 Å². The molecule has 1 aliphatic rings. The first-order valence-corrected chi connectivity index (χ1v) is 12.6. The lowest BCUT2D eigenvalue weighted by atomic mass is 9.88. The summed E-state index contributed by atoms with van der Waals surface area (Å²) in [4.78, 5) is 23.6. The molecule has 0 fully saturated rings. The minimum absolute atomic E-state index is 0.0752. The number of carbonyl (C=O) groups excluding carboxylic acids is 1. The summed E-state index contributed by atoms with van der Waals surface area (Å²) in [7, 11) is -3.87. The Hall–Kier alpha value is -2.94. The van der Waals surface area contributed by atoms with Crippen LogP contribution in [-0.4, -0.2) is 31.5 Å². The Labute approximate surface area is 188 Å². The quantitative estimate of drug-likeness (QED) is 0.476. The topological polar surface area (TPSA) is 110 Å². The maximum Gasteiger partial charge on any atom is 0.271 e. The predicted molar refractivity (Wildman–Crippen MR) is 124 cm³/mol. The highest BCUT2D eigenvalue weighted by Gasteiger charge is 2.31. The number of nitro benzene ring substituents is 1. The highest BCUT2D eigenvalue weighted by molar-refractivity contribution is 7.92. The third-order valence-electron chi connectivity index (χ3n) is 5.88. The van der Waals surface area contributed by atoms with E-state index in [2.05, 4.69) is 17.4 Å². The van der Waals surface area contributed by atoms with Crippen molar-refractivity contribution in [1.29, 1.82) is 0 Å². The molecule has 0 saturated heterocycles. The van der Waals surface area contributed by atoms with Gasteiger partial charge in [-0.05, 0) is 61.8 Å². The first kappa shape index (κ1) is 23.7. The SMILES string of the molecule is CC[C@@H](NC(=O)[C@@H](C)N(c1cccc([N+](=O)[O-])c1)S(C)(=O)=O)c1ccc2c(c1)CCCC2. The molecule has 172 valence electrons. The fourth-order valence-corrected chi connectivity index (χ4v) is 5.40. The van der Waals surface area contributed by atoms with E-state index < -0.39 is 26.9 Å². The zero-order valence-electron chi connectivity index (χ0n) is 18.6. The molecular weight excluding hydrogens is 430 g/mol. The molecule has 0 heterocycles. The molecule has 0 aliphatic heterocycles. The van der Waals surface area contributed by atoms with Crippen LogP contribution in [-0.2, 0) is 27.7 Å². The fraction of sp³-hybridized carbons (Fsp3) is 0.435. The van der Waals surface area contributed by atoms with Crippen LogP contribution in [0.2, 0.25) is 0 Å². The number of non-ortho nitro benzene ring substituents is 1. The number of amides is 1. The third-order valence-corrected chi connectivity index (χ3v) is 7.12. The molecule has 2 atom stereocenters. The molecule has 0 bridgehead atoms. The Morgan fingerprint density at radius 1 is 1.16 bits per heavy atom. The molecule has 1 N–H and O–H groups in total. The summed E-state index contributed by atoms with van der Waals surface area (Å²) < 4.78 is 26.0. The second kappa shape index (κ2) is 9.68. The number of nitrogens with one attached hydrogen (secondary N) is 1. The minimum Gasteiger partial charge on any atom is -0.347 e. The maximum atomic E-state index is 13.1. The van der Waals surface area contributed by atoms with Gasteiger partial charge in [-0.15, -0.1) is 0 Å². The van der Waals surface area contributed by atoms with Crippen LogP contribution in [0.15, 0.2) is 42.5 Å². The van der Waals surface area contributed by atoms with E-state index >= 15 is 0 Å². The van der Waals surface area contributed by atoms with E-state index in [4.69, 9.17) is 0 Å². The number of carbonyl (C=O) groups is 1. The number of aryl methyl sites for hydroxylation is 2. The van der Waals surface area contributed by atoms with Gasteiger partial charge in [-0.2, -0.15) is 0 Å². The normalized spacial score (nSPS) is 15.3. The van der Waals surface area contributed by atoms with Crippen molar-refractivity contribution in [2.45, 2.75) is 58.0 Å². The van der Waals surface area contributed by atoms with E-state index in [1.807, 2.05) is 13.0 Å². The van der Waals surface area contributed by atoms with Crippen molar-refractivity contribution in [3.8, 4) is 0 Å². The molecule has 1 aliphatic carbocycles. The van der Waals surface area contributed by atoms with Gasteiger partial charge in [0.25, 0.3) is 5.69 Å². The number of benzene rings is 2. The summed E-state index contributed by atoms with van der Waals surface area (Å²) in [5.41, 5.74) is 3.48. The number of nitrogens with zero attached hydrogens (tertiary/aromatic N) is 2. The van der Waals surface area contributed by atoms with Crippen LogP contribution in [0.4, 0.5) is 11.4 Å². The van der Waals surface area contributed by atoms with E-state index in [1.54, 1.807) is 0 Å². The van der Waals surface area contributed by atoms with E-state index in [9.17, 15) is 23.3 Å². The molecule has 3 rings (SSSR count). The molecule has 0 saturated carbocycles. The lowest BCUT2D eigenvalue weighted by Gasteiger charge is -2.30. The highest BCUT2D eigenvalue weighted by atomic mass is 32.2. The lowest BCUT2D eigenvalue weighted by molar-refractivity contribution is -0.384. The van der Waals surface area contributed by atoms with Gasteiger partial charge in [-0.1, -0.05) is 31.2 Å². The Balaban J connectivity index is 1.85. The van der Waals surface area contributed by atoms with Gasteiger partial charge in [0.15, 0.2) is 0 Å². The van der Waals surface area contributed by atoms with Gasteiger partial charge in [-0.25, -0.2) is 8.42 Å². The Morgan fingerprint density at radius 3 is 2.47 bits per heavy atom. The molecule has 0 radical (unpaired) electrons. The fourth-order valence-electron chi connectivity index (χ4n) is 4.24. The van der Waals surface area contributed by atoms with Gasteiger partial charge in [0.1, 0.15) is 6.04 Å². The van der Waals surface area contributed by atoms with Crippen molar-refractivity contribution in [2.24, 2.45) is 0 Å². The first-order valence-electron chi connectivity index (χ1n) is 10.8. The van der Waals surface area contributed by atoms with Crippen LogP contribution >= 0.6 is 0 Å². The van der Waals surface area contributed by atoms with Crippen molar-refractivity contribution >= 4 is 27.3 Å². The maximum absolute atomic E-state index is 13.1. The molecular formula is C23H29N3O5S. The van der Waals surface area contributed by atoms with Crippen molar-refractivity contribution in [1.82, 2.24) is 5.32 Å².